The Kier molecular flexibility index (Phi) is 6.55. The highest BCUT2D eigenvalue weighted by Gasteiger charge is 2.15. The zero-order chi connectivity index (χ0) is 19.9. The highest BCUT2D eigenvalue weighted by Crippen LogP contribution is 2.21. The molecule has 0 aliphatic heterocycles. The standard InChI is InChI=1S/C22H27N5O/c1-15(2)20(14-28)26-22-25-19(18-6-4-5-11-23-18)12-21(27-22)24-13-17-9-7-16(3)8-10-17/h4-12,15,20,28H,13-14H2,1-3H3,(H2,24,25,26,27)/t20-/m1/s1. The molecule has 1 aromatic carbocycles. The molecule has 6 nitrogen and oxygen atoms in total. The summed E-state index contributed by atoms with van der Waals surface area (Å²) >= 11 is 0. The third-order valence-corrected chi connectivity index (χ3v) is 4.56. The van der Waals surface area contributed by atoms with Crippen molar-refractivity contribution in [1.82, 2.24) is 15.0 Å². The summed E-state index contributed by atoms with van der Waals surface area (Å²) in [5, 5.41) is 16.3. The van der Waals surface area contributed by atoms with Crippen LogP contribution in [0.4, 0.5) is 11.8 Å². The Hall–Kier alpha value is -2.99. The van der Waals surface area contributed by atoms with E-state index in [1.807, 2.05) is 38.1 Å². The number of hydrogen-bond donors (Lipinski definition) is 3. The Morgan fingerprint density at radius 1 is 1.00 bits per heavy atom. The van der Waals surface area contributed by atoms with Gasteiger partial charge in [0.15, 0.2) is 0 Å². The largest absolute Gasteiger partial charge is 0.394 e. The van der Waals surface area contributed by atoms with Crippen molar-refractivity contribution in [2.24, 2.45) is 5.92 Å². The van der Waals surface area contributed by atoms with E-state index in [-0.39, 0.29) is 18.6 Å². The van der Waals surface area contributed by atoms with Gasteiger partial charge in [-0.1, -0.05) is 49.7 Å². The van der Waals surface area contributed by atoms with Crippen molar-refractivity contribution in [3.63, 3.8) is 0 Å². The highest BCUT2D eigenvalue weighted by atomic mass is 16.3. The highest BCUT2D eigenvalue weighted by molar-refractivity contribution is 5.61. The topological polar surface area (TPSA) is 83.0 Å². The van der Waals surface area contributed by atoms with E-state index in [1.165, 1.54) is 11.1 Å². The number of anilines is 2. The van der Waals surface area contributed by atoms with E-state index in [4.69, 9.17) is 0 Å². The Balaban J connectivity index is 1.87. The average molecular weight is 377 g/mol. The number of hydrogen-bond acceptors (Lipinski definition) is 6. The van der Waals surface area contributed by atoms with Crippen LogP contribution in [-0.2, 0) is 6.54 Å². The number of aryl methyl sites for hydroxylation is 1. The first-order valence-electron chi connectivity index (χ1n) is 9.52. The molecule has 3 rings (SSSR count). The number of benzene rings is 1. The van der Waals surface area contributed by atoms with E-state index in [0.29, 0.717) is 18.3 Å². The van der Waals surface area contributed by atoms with Crippen LogP contribution in [0.2, 0.25) is 0 Å². The van der Waals surface area contributed by atoms with Gasteiger partial charge in [0.25, 0.3) is 0 Å². The summed E-state index contributed by atoms with van der Waals surface area (Å²) in [5.74, 6) is 1.43. The van der Waals surface area contributed by atoms with E-state index < -0.39 is 0 Å². The van der Waals surface area contributed by atoms with Crippen LogP contribution in [-0.4, -0.2) is 32.7 Å². The van der Waals surface area contributed by atoms with E-state index in [1.54, 1.807) is 6.20 Å². The maximum absolute atomic E-state index is 9.64. The molecule has 3 N–H and O–H groups in total. The molecule has 0 aliphatic rings. The fourth-order valence-electron chi connectivity index (χ4n) is 2.74. The molecule has 6 heteroatoms. The Labute approximate surface area is 166 Å². The van der Waals surface area contributed by atoms with Crippen molar-refractivity contribution in [2.75, 3.05) is 17.2 Å². The van der Waals surface area contributed by atoms with Gasteiger partial charge < -0.3 is 15.7 Å². The molecule has 2 heterocycles. The Morgan fingerprint density at radius 2 is 1.79 bits per heavy atom. The first-order chi connectivity index (χ1) is 13.5. The molecule has 3 aromatic rings. The van der Waals surface area contributed by atoms with Crippen LogP contribution >= 0.6 is 0 Å². The molecule has 0 amide bonds. The fraction of sp³-hybridized carbons (Fsp3) is 0.318. The van der Waals surface area contributed by atoms with Crippen molar-refractivity contribution < 1.29 is 5.11 Å². The lowest BCUT2D eigenvalue weighted by molar-refractivity contribution is 0.248. The molecule has 0 radical (unpaired) electrons. The second kappa shape index (κ2) is 9.28. The van der Waals surface area contributed by atoms with Crippen molar-refractivity contribution in [1.29, 1.82) is 0 Å². The van der Waals surface area contributed by atoms with Gasteiger partial charge in [-0.05, 0) is 30.5 Å². The molecule has 0 spiro atoms. The normalized spacial score (nSPS) is 12.0. The van der Waals surface area contributed by atoms with Gasteiger partial charge in [0.2, 0.25) is 5.95 Å². The summed E-state index contributed by atoms with van der Waals surface area (Å²) in [6.45, 7) is 6.85. The molecule has 0 fully saturated rings. The Bertz CT molecular complexity index is 881. The third-order valence-electron chi connectivity index (χ3n) is 4.56. The summed E-state index contributed by atoms with van der Waals surface area (Å²) in [4.78, 5) is 13.6. The summed E-state index contributed by atoms with van der Waals surface area (Å²) in [6, 6.07) is 15.9. The minimum Gasteiger partial charge on any atom is -0.394 e. The number of aliphatic hydroxyl groups excluding tert-OH is 1. The number of aromatic nitrogens is 3. The van der Waals surface area contributed by atoms with Gasteiger partial charge in [0, 0.05) is 18.8 Å². The molecule has 1 atom stereocenters. The van der Waals surface area contributed by atoms with E-state index in [0.717, 1.165) is 11.4 Å². The first kappa shape index (κ1) is 19.8. The van der Waals surface area contributed by atoms with E-state index >= 15 is 0 Å². The van der Waals surface area contributed by atoms with Gasteiger partial charge in [-0.25, -0.2) is 4.98 Å². The second-order valence-corrected chi connectivity index (χ2v) is 7.19. The molecule has 0 aliphatic carbocycles. The minimum absolute atomic E-state index is 0.0149. The van der Waals surface area contributed by atoms with Crippen molar-refractivity contribution in [3.05, 3.63) is 65.9 Å². The molecular weight excluding hydrogens is 350 g/mol. The van der Waals surface area contributed by atoms with Crippen LogP contribution in [0.1, 0.15) is 25.0 Å². The van der Waals surface area contributed by atoms with Gasteiger partial charge in [-0.15, -0.1) is 0 Å². The number of rotatable bonds is 8. The second-order valence-electron chi connectivity index (χ2n) is 7.19. The first-order valence-corrected chi connectivity index (χ1v) is 9.52. The maximum atomic E-state index is 9.64. The molecule has 0 saturated carbocycles. The molecular formula is C22H27N5O. The summed E-state index contributed by atoms with van der Waals surface area (Å²) in [7, 11) is 0. The van der Waals surface area contributed by atoms with E-state index in [9.17, 15) is 5.11 Å². The van der Waals surface area contributed by atoms with Crippen LogP contribution < -0.4 is 10.6 Å². The summed E-state index contributed by atoms with van der Waals surface area (Å²) in [6.07, 6.45) is 1.74. The molecule has 0 saturated heterocycles. The summed E-state index contributed by atoms with van der Waals surface area (Å²) < 4.78 is 0. The van der Waals surface area contributed by atoms with Crippen molar-refractivity contribution in [2.45, 2.75) is 33.4 Å². The SMILES string of the molecule is Cc1ccc(CNc2cc(-c3ccccn3)nc(N[C@H](CO)C(C)C)n2)cc1. The summed E-state index contributed by atoms with van der Waals surface area (Å²) in [5.41, 5.74) is 3.91. The maximum Gasteiger partial charge on any atom is 0.225 e. The van der Waals surface area contributed by atoms with Gasteiger partial charge in [0.1, 0.15) is 5.82 Å². The van der Waals surface area contributed by atoms with Crippen LogP contribution in [0.5, 0.6) is 0 Å². The van der Waals surface area contributed by atoms with Crippen LogP contribution in [0, 0.1) is 12.8 Å². The lowest BCUT2D eigenvalue weighted by atomic mass is 10.1. The van der Waals surface area contributed by atoms with Crippen molar-refractivity contribution >= 4 is 11.8 Å². The fourth-order valence-corrected chi connectivity index (χ4v) is 2.74. The van der Waals surface area contributed by atoms with Gasteiger partial charge >= 0.3 is 0 Å². The van der Waals surface area contributed by atoms with Gasteiger partial charge in [-0.2, -0.15) is 4.98 Å². The number of nitrogens with one attached hydrogen (secondary N) is 2. The predicted molar refractivity (Wildman–Crippen MR) is 113 cm³/mol. The molecule has 0 unspecified atom stereocenters. The van der Waals surface area contributed by atoms with Crippen LogP contribution in [0.15, 0.2) is 54.7 Å². The minimum atomic E-state index is -0.121. The quantitative estimate of drug-likeness (QED) is 0.552. The number of aliphatic hydroxyl groups is 1. The zero-order valence-corrected chi connectivity index (χ0v) is 16.6. The average Bonchev–Trinajstić information content (AvgIpc) is 2.72. The molecule has 28 heavy (non-hydrogen) atoms. The van der Waals surface area contributed by atoms with Crippen LogP contribution in [0.3, 0.4) is 0 Å². The van der Waals surface area contributed by atoms with Crippen LogP contribution in [0.25, 0.3) is 11.4 Å². The van der Waals surface area contributed by atoms with E-state index in [2.05, 4.69) is 56.8 Å². The molecule has 0 bridgehead atoms. The lowest BCUT2D eigenvalue weighted by Gasteiger charge is -2.20. The van der Waals surface area contributed by atoms with Gasteiger partial charge in [-0.3, -0.25) is 4.98 Å². The lowest BCUT2D eigenvalue weighted by Crippen LogP contribution is -2.30. The zero-order valence-electron chi connectivity index (χ0n) is 16.6. The molecule has 146 valence electrons. The number of pyridine rings is 1. The smallest absolute Gasteiger partial charge is 0.225 e. The van der Waals surface area contributed by atoms with Gasteiger partial charge in [0.05, 0.1) is 24.0 Å². The number of nitrogens with zero attached hydrogens (tertiary/aromatic N) is 3. The Morgan fingerprint density at radius 3 is 2.43 bits per heavy atom. The third kappa shape index (κ3) is 5.27. The molecule has 2 aromatic heterocycles. The van der Waals surface area contributed by atoms with Crippen molar-refractivity contribution in [3.8, 4) is 11.4 Å². The predicted octanol–water partition coefficient (Wildman–Crippen LogP) is 3.89. The monoisotopic (exact) mass is 377 g/mol.